The molecule has 0 aromatic heterocycles. The normalized spacial score (nSPS) is 16.2. The Hall–Kier alpha value is -1.84. The molecule has 0 saturated carbocycles. The number of carbonyl (C=O) groups is 2. The second kappa shape index (κ2) is 6.36. The van der Waals surface area contributed by atoms with Crippen LogP contribution >= 0.6 is 0 Å². The topological polar surface area (TPSA) is 46.6 Å². The van der Waals surface area contributed by atoms with Crippen LogP contribution in [-0.2, 0) is 9.59 Å². The molecule has 0 radical (unpaired) electrons. The summed E-state index contributed by atoms with van der Waals surface area (Å²) < 4.78 is 5.47. The average molecular weight is 261 g/mol. The predicted octanol–water partition coefficient (Wildman–Crippen LogP) is 1.81. The summed E-state index contributed by atoms with van der Waals surface area (Å²) in [5.74, 6) is 0.814. The second-order valence-corrected chi connectivity index (χ2v) is 4.96. The number of hydrogen-bond donors (Lipinski definition) is 0. The fraction of sp³-hybridized carbons (Fsp3) is 0.467. The third-order valence-electron chi connectivity index (χ3n) is 3.47. The van der Waals surface area contributed by atoms with Gasteiger partial charge in [0.25, 0.3) is 5.91 Å². The fourth-order valence-electron chi connectivity index (χ4n) is 2.16. The number of benzene rings is 1. The van der Waals surface area contributed by atoms with E-state index in [-0.39, 0.29) is 18.4 Å². The standard InChI is InChI=1S/C15H19NO3/c1-12-2-4-14(5-3-12)19-11-15(18)16-8-6-13(10-17)7-9-16/h2-5,10,13H,6-9,11H2,1H3. The van der Waals surface area contributed by atoms with Crippen LogP contribution in [0.3, 0.4) is 0 Å². The van der Waals surface area contributed by atoms with Crippen molar-refractivity contribution in [3.63, 3.8) is 0 Å². The molecule has 102 valence electrons. The quantitative estimate of drug-likeness (QED) is 0.777. The maximum absolute atomic E-state index is 11.9. The van der Waals surface area contributed by atoms with Crippen molar-refractivity contribution in [2.75, 3.05) is 19.7 Å². The number of hydrogen-bond acceptors (Lipinski definition) is 3. The highest BCUT2D eigenvalue weighted by molar-refractivity contribution is 5.78. The Bertz CT molecular complexity index is 433. The van der Waals surface area contributed by atoms with Crippen LogP contribution in [0.5, 0.6) is 5.75 Å². The number of piperidine rings is 1. The van der Waals surface area contributed by atoms with Crippen LogP contribution in [0.4, 0.5) is 0 Å². The molecule has 19 heavy (non-hydrogen) atoms. The van der Waals surface area contributed by atoms with E-state index >= 15 is 0 Å². The number of ether oxygens (including phenoxy) is 1. The molecule has 1 fully saturated rings. The van der Waals surface area contributed by atoms with Gasteiger partial charge >= 0.3 is 0 Å². The maximum Gasteiger partial charge on any atom is 0.260 e. The molecule has 1 aliphatic heterocycles. The molecule has 4 heteroatoms. The summed E-state index contributed by atoms with van der Waals surface area (Å²) in [6.07, 6.45) is 2.52. The minimum Gasteiger partial charge on any atom is -0.484 e. The number of nitrogens with zero attached hydrogens (tertiary/aromatic N) is 1. The minimum absolute atomic E-state index is 0.00933. The van der Waals surface area contributed by atoms with Gasteiger partial charge in [0.1, 0.15) is 12.0 Å². The molecule has 1 aromatic rings. The number of rotatable bonds is 4. The van der Waals surface area contributed by atoms with Gasteiger partial charge in [0.05, 0.1) is 0 Å². The summed E-state index contributed by atoms with van der Waals surface area (Å²) in [7, 11) is 0. The van der Waals surface area contributed by atoms with Crippen LogP contribution in [0, 0.1) is 12.8 Å². The van der Waals surface area contributed by atoms with Crippen molar-refractivity contribution >= 4 is 12.2 Å². The second-order valence-electron chi connectivity index (χ2n) is 4.96. The van der Waals surface area contributed by atoms with Gasteiger partial charge in [-0.1, -0.05) is 17.7 Å². The first-order valence-electron chi connectivity index (χ1n) is 6.61. The van der Waals surface area contributed by atoms with Crippen LogP contribution in [0.2, 0.25) is 0 Å². The van der Waals surface area contributed by atoms with Crippen molar-refractivity contribution in [1.29, 1.82) is 0 Å². The third-order valence-corrected chi connectivity index (χ3v) is 3.47. The fourth-order valence-corrected chi connectivity index (χ4v) is 2.16. The highest BCUT2D eigenvalue weighted by atomic mass is 16.5. The lowest BCUT2D eigenvalue weighted by Crippen LogP contribution is -2.41. The smallest absolute Gasteiger partial charge is 0.260 e. The van der Waals surface area contributed by atoms with Gasteiger partial charge in [-0.3, -0.25) is 4.79 Å². The predicted molar refractivity (Wildman–Crippen MR) is 72.0 cm³/mol. The molecule has 1 heterocycles. The largest absolute Gasteiger partial charge is 0.484 e. The molecule has 0 atom stereocenters. The van der Waals surface area contributed by atoms with E-state index in [1.165, 1.54) is 0 Å². The Morgan fingerprint density at radius 1 is 1.32 bits per heavy atom. The minimum atomic E-state index is -0.00933. The molecule has 2 rings (SSSR count). The summed E-state index contributed by atoms with van der Waals surface area (Å²) in [5.41, 5.74) is 1.16. The van der Waals surface area contributed by atoms with Crippen LogP contribution in [0.15, 0.2) is 24.3 Å². The van der Waals surface area contributed by atoms with E-state index < -0.39 is 0 Å². The van der Waals surface area contributed by atoms with Crippen LogP contribution in [0.1, 0.15) is 18.4 Å². The van der Waals surface area contributed by atoms with E-state index in [2.05, 4.69) is 0 Å². The summed E-state index contributed by atoms with van der Waals surface area (Å²) in [5, 5.41) is 0. The molecule has 0 spiro atoms. The van der Waals surface area contributed by atoms with Gasteiger partial charge < -0.3 is 14.4 Å². The number of aldehydes is 1. The molecule has 0 aliphatic carbocycles. The Morgan fingerprint density at radius 3 is 2.53 bits per heavy atom. The van der Waals surface area contributed by atoms with Crippen molar-refractivity contribution in [1.82, 2.24) is 4.90 Å². The zero-order chi connectivity index (χ0) is 13.7. The van der Waals surface area contributed by atoms with Gasteiger partial charge in [-0.2, -0.15) is 0 Å². The molecule has 4 nitrogen and oxygen atoms in total. The number of aryl methyl sites for hydroxylation is 1. The molecule has 1 saturated heterocycles. The molecule has 1 amide bonds. The zero-order valence-electron chi connectivity index (χ0n) is 11.2. The van der Waals surface area contributed by atoms with Crippen molar-refractivity contribution < 1.29 is 14.3 Å². The van der Waals surface area contributed by atoms with Crippen LogP contribution in [-0.4, -0.2) is 36.8 Å². The lowest BCUT2D eigenvalue weighted by atomic mass is 9.99. The van der Waals surface area contributed by atoms with E-state index in [4.69, 9.17) is 4.74 Å². The molecular weight excluding hydrogens is 242 g/mol. The lowest BCUT2D eigenvalue weighted by Gasteiger charge is -2.29. The van der Waals surface area contributed by atoms with Gasteiger partial charge in [-0.15, -0.1) is 0 Å². The zero-order valence-corrected chi connectivity index (χ0v) is 11.2. The number of likely N-dealkylation sites (tertiary alicyclic amines) is 1. The summed E-state index contributed by atoms with van der Waals surface area (Å²) in [6.45, 7) is 3.37. The van der Waals surface area contributed by atoms with Crippen LogP contribution in [0.25, 0.3) is 0 Å². The van der Waals surface area contributed by atoms with Gasteiger partial charge in [0.15, 0.2) is 6.61 Å². The first-order chi connectivity index (χ1) is 9.19. The molecule has 1 aliphatic rings. The molecule has 0 N–H and O–H groups in total. The lowest BCUT2D eigenvalue weighted by molar-refractivity contribution is -0.135. The van der Waals surface area contributed by atoms with Gasteiger partial charge in [-0.25, -0.2) is 0 Å². The first kappa shape index (κ1) is 13.6. The van der Waals surface area contributed by atoms with E-state index in [0.717, 1.165) is 24.7 Å². The SMILES string of the molecule is Cc1ccc(OCC(=O)N2CCC(C=O)CC2)cc1. The summed E-state index contributed by atoms with van der Waals surface area (Å²) in [6, 6.07) is 7.63. The first-order valence-corrected chi connectivity index (χ1v) is 6.61. The van der Waals surface area contributed by atoms with Crippen molar-refractivity contribution in [2.45, 2.75) is 19.8 Å². The molecule has 1 aromatic carbocycles. The van der Waals surface area contributed by atoms with E-state index in [9.17, 15) is 9.59 Å². The number of carbonyl (C=O) groups excluding carboxylic acids is 2. The maximum atomic E-state index is 11.9. The molecule has 0 unspecified atom stereocenters. The Morgan fingerprint density at radius 2 is 1.95 bits per heavy atom. The van der Waals surface area contributed by atoms with Gasteiger partial charge in [0, 0.05) is 19.0 Å². The Kier molecular flexibility index (Phi) is 4.55. The Labute approximate surface area is 113 Å². The van der Waals surface area contributed by atoms with E-state index in [0.29, 0.717) is 18.8 Å². The average Bonchev–Trinajstić information content (AvgIpc) is 2.46. The number of amides is 1. The van der Waals surface area contributed by atoms with Gasteiger partial charge in [-0.05, 0) is 31.9 Å². The van der Waals surface area contributed by atoms with E-state index in [1.54, 1.807) is 4.90 Å². The Balaban J connectivity index is 1.78. The molecular formula is C15H19NO3. The van der Waals surface area contributed by atoms with Crippen LogP contribution < -0.4 is 4.74 Å². The highest BCUT2D eigenvalue weighted by Crippen LogP contribution is 2.16. The summed E-state index contributed by atoms with van der Waals surface area (Å²) in [4.78, 5) is 24.4. The third kappa shape index (κ3) is 3.81. The molecule has 0 bridgehead atoms. The highest BCUT2D eigenvalue weighted by Gasteiger charge is 2.22. The van der Waals surface area contributed by atoms with E-state index in [1.807, 2.05) is 31.2 Å². The van der Waals surface area contributed by atoms with Crippen molar-refractivity contribution in [3.8, 4) is 5.75 Å². The summed E-state index contributed by atoms with van der Waals surface area (Å²) >= 11 is 0. The van der Waals surface area contributed by atoms with Gasteiger partial charge in [0.2, 0.25) is 0 Å². The van der Waals surface area contributed by atoms with Crippen molar-refractivity contribution in [3.05, 3.63) is 29.8 Å². The van der Waals surface area contributed by atoms with Crippen molar-refractivity contribution in [2.24, 2.45) is 5.92 Å². The monoisotopic (exact) mass is 261 g/mol.